The van der Waals surface area contributed by atoms with Crippen molar-refractivity contribution in [3.8, 4) is 5.75 Å². The van der Waals surface area contributed by atoms with Gasteiger partial charge < -0.3 is 4.74 Å². The third kappa shape index (κ3) is 3.95. The Bertz CT molecular complexity index is 772. The van der Waals surface area contributed by atoms with Crippen LogP contribution in [0.5, 0.6) is 5.75 Å². The summed E-state index contributed by atoms with van der Waals surface area (Å²) in [5, 5.41) is 0. The van der Waals surface area contributed by atoms with Gasteiger partial charge in [-0.05, 0) is 43.2 Å². The third-order valence-corrected chi connectivity index (χ3v) is 4.40. The second-order valence-corrected chi connectivity index (χ2v) is 7.28. The van der Waals surface area contributed by atoms with E-state index in [2.05, 4.69) is 0 Å². The van der Waals surface area contributed by atoms with Crippen molar-refractivity contribution in [1.82, 2.24) is 0 Å². The molecule has 2 rings (SSSR count). The molecule has 2 aromatic rings. The molecule has 0 unspecified atom stereocenters. The fraction of sp³-hybridized carbons (Fsp3) is 0.200. The quantitative estimate of drug-likeness (QED) is 0.798. The summed E-state index contributed by atoms with van der Waals surface area (Å²) >= 11 is 0. The molecule has 0 saturated carbocycles. The minimum atomic E-state index is -4.07. The molecule has 0 spiro atoms. The number of aryl methyl sites for hydroxylation is 2. The summed E-state index contributed by atoms with van der Waals surface area (Å²) in [6.45, 7) is 4.07. The van der Waals surface area contributed by atoms with Crippen molar-refractivity contribution in [2.75, 3.05) is 0 Å². The molecular weight excluding hydrogens is 315 g/mol. The largest absolute Gasteiger partial charge is 0.487 e. The Hall–Kier alpha value is -1.59. The molecule has 0 aliphatic rings. The topological polar surface area (TPSA) is 43.4 Å². The van der Waals surface area contributed by atoms with Gasteiger partial charge in [0.25, 0.3) is 9.05 Å². The molecule has 112 valence electrons. The smallest absolute Gasteiger partial charge is 0.265 e. The lowest BCUT2D eigenvalue weighted by Gasteiger charge is -2.12. The van der Waals surface area contributed by atoms with E-state index in [1.807, 2.05) is 32.0 Å². The third-order valence-electron chi connectivity index (χ3n) is 3.06. The highest BCUT2D eigenvalue weighted by atomic mass is 35.7. The monoisotopic (exact) mass is 328 g/mol. The van der Waals surface area contributed by atoms with Gasteiger partial charge in [-0.3, -0.25) is 0 Å². The van der Waals surface area contributed by atoms with Gasteiger partial charge in [-0.1, -0.05) is 23.8 Å². The van der Waals surface area contributed by atoms with E-state index in [0.717, 1.165) is 28.8 Å². The van der Waals surface area contributed by atoms with E-state index in [9.17, 15) is 12.8 Å². The number of hydrogen-bond donors (Lipinski definition) is 0. The highest BCUT2D eigenvalue weighted by Crippen LogP contribution is 2.28. The first-order valence-electron chi connectivity index (χ1n) is 6.20. The van der Waals surface area contributed by atoms with E-state index in [0.29, 0.717) is 0 Å². The minimum absolute atomic E-state index is 0.0345. The van der Waals surface area contributed by atoms with Gasteiger partial charge in [0.1, 0.15) is 23.1 Å². The van der Waals surface area contributed by atoms with Crippen LogP contribution in [0.4, 0.5) is 4.39 Å². The molecule has 21 heavy (non-hydrogen) atoms. The van der Waals surface area contributed by atoms with E-state index in [4.69, 9.17) is 15.4 Å². The van der Waals surface area contributed by atoms with Crippen molar-refractivity contribution in [3.05, 3.63) is 58.9 Å². The fourth-order valence-electron chi connectivity index (χ4n) is 1.90. The van der Waals surface area contributed by atoms with Crippen molar-refractivity contribution < 1.29 is 17.5 Å². The van der Waals surface area contributed by atoms with E-state index in [1.165, 1.54) is 6.07 Å². The van der Waals surface area contributed by atoms with Crippen LogP contribution in [0, 0.1) is 19.7 Å². The maximum Gasteiger partial charge on any atom is 0.265 e. The highest BCUT2D eigenvalue weighted by molar-refractivity contribution is 8.13. The van der Waals surface area contributed by atoms with Crippen LogP contribution in [0.3, 0.4) is 0 Å². The van der Waals surface area contributed by atoms with Crippen LogP contribution in [0.15, 0.2) is 41.3 Å². The Morgan fingerprint density at radius 2 is 1.86 bits per heavy atom. The molecule has 0 amide bonds. The summed E-state index contributed by atoms with van der Waals surface area (Å²) in [7, 11) is 1.23. The average molecular weight is 329 g/mol. The first-order valence-corrected chi connectivity index (χ1v) is 8.51. The maximum atomic E-state index is 13.2. The Morgan fingerprint density at radius 1 is 1.14 bits per heavy atom. The standard InChI is InChI=1S/C15H14ClFO3S/c1-10-3-4-11(2)12(7-10)9-20-14-6-5-13(17)8-15(14)21(16,18)19/h3-8H,9H2,1-2H3. The number of rotatable bonds is 4. The predicted octanol–water partition coefficient (Wildman–Crippen LogP) is 3.95. The molecule has 0 bridgehead atoms. The first-order chi connectivity index (χ1) is 9.77. The normalized spacial score (nSPS) is 11.4. The van der Waals surface area contributed by atoms with E-state index in [-0.39, 0.29) is 17.3 Å². The molecule has 0 heterocycles. The van der Waals surface area contributed by atoms with Gasteiger partial charge in [0, 0.05) is 10.7 Å². The number of halogens is 2. The van der Waals surface area contributed by atoms with Crippen LogP contribution in [-0.2, 0) is 15.7 Å². The van der Waals surface area contributed by atoms with Crippen LogP contribution in [-0.4, -0.2) is 8.42 Å². The van der Waals surface area contributed by atoms with E-state index < -0.39 is 14.9 Å². The molecular formula is C15H14ClFO3S. The zero-order valence-electron chi connectivity index (χ0n) is 11.6. The van der Waals surface area contributed by atoms with Crippen LogP contribution < -0.4 is 4.74 Å². The zero-order valence-corrected chi connectivity index (χ0v) is 13.1. The fourth-order valence-corrected chi connectivity index (χ4v) is 2.89. The Kier molecular flexibility index (Phi) is 4.54. The van der Waals surface area contributed by atoms with Gasteiger partial charge in [-0.25, -0.2) is 12.8 Å². The van der Waals surface area contributed by atoms with Gasteiger partial charge in [0.15, 0.2) is 0 Å². The Balaban J connectivity index is 2.30. The molecule has 3 nitrogen and oxygen atoms in total. The lowest BCUT2D eigenvalue weighted by atomic mass is 10.1. The molecule has 0 radical (unpaired) electrons. The van der Waals surface area contributed by atoms with Gasteiger partial charge in [0.05, 0.1) is 0 Å². The van der Waals surface area contributed by atoms with Crippen LogP contribution >= 0.6 is 10.7 Å². The molecule has 0 aliphatic carbocycles. The maximum absolute atomic E-state index is 13.2. The first kappa shape index (κ1) is 15.8. The number of hydrogen-bond acceptors (Lipinski definition) is 3. The lowest BCUT2D eigenvalue weighted by molar-refractivity contribution is 0.296. The SMILES string of the molecule is Cc1ccc(C)c(COc2ccc(F)cc2S(=O)(=O)Cl)c1. The van der Waals surface area contributed by atoms with Crippen LogP contribution in [0.2, 0.25) is 0 Å². The second-order valence-electron chi connectivity index (χ2n) is 4.75. The number of benzene rings is 2. The lowest BCUT2D eigenvalue weighted by Crippen LogP contribution is -2.03. The summed E-state index contributed by atoms with van der Waals surface area (Å²) in [6.07, 6.45) is 0. The Labute approximate surface area is 127 Å². The molecule has 0 aliphatic heterocycles. The van der Waals surface area contributed by atoms with Crippen LogP contribution in [0.25, 0.3) is 0 Å². The molecule has 0 saturated heterocycles. The summed E-state index contributed by atoms with van der Waals surface area (Å²) < 4.78 is 41.6. The molecule has 0 N–H and O–H groups in total. The molecule has 0 atom stereocenters. The molecule has 0 aromatic heterocycles. The summed E-state index contributed by atoms with van der Waals surface area (Å²) in [6, 6.07) is 9.12. The molecule has 6 heteroatoms. The highest BCUT2D eigenvalue weighted by Gasteiger charge is 2.18. The summed E-state index contributed by atoms with van der Waals surface area (Å²) in [5.74, 6) is -0.652. The minimum Gasteiger partial charge on any atom is -0.487 e. The predicted molar refractivity (Wildman–Crippen MR) is 79.7 cm³/mol. The second kappa shape index (κ2) is 6.03. The van der Waals surface area contributed by atoms with Gasteiger partial charge in [-0.2, -0.15) is 0 Å². The van der Waals surface area contributed by atoms with Crippen molar-refractivity contribution in [3.63, 3.8) is 0 Å². The Morgan fingerprint density at radius 3 is 2.52 bits per heavy atom. The van der Waals surface area contributed by atoms with E-state index >= 15 is 0 Å². The summed E-state index contributed by atoms with van der Waals surface area (Å²) in [4.78, 5) is -0.366. The van der Waals surface area contributed by atoms with Crippen molar-refractivity contribution in [1.29, 1.82) is 0 Å². The number of ether oxygens (including phenoxy) is 1. The van der Waals surface area contributed by atoms with Crippen molar-refractivity contribution >= 4 is 19.7 Å². The average Bonchev–Trinajstić information content (AvgIpc) is 2.40. The molecule has 0 fully saturated rings. The van der Waals surface area contributed by atoms with Crippen molar-refractivity contribution in [2.24, 2.45) is 0 Å². The zero-order chi connectivity index (χ0) is 15.6. The van der Waals surface area contributed by atoms with Gasteiger partial charge >= 0.3 is 0 Å². The van der Waals surface area contributed by atoms with Gasteiger partial charge in [-0.15, -0.1) is 0 Å². The van der Waals surface area contributed by atoms with E-state index in [1.54, 1.807) is 0 Å². The summed E-state index contributed by atoms with van der Waals surface area (Å²) in [5.41, 5.74) is 3.03. The van der Waals surface area contributed by atoms with Gasteiger partial charge in [0.2, 0.25) is 0 Å². The molecule has 2 aromatic carbocycles. The van der Waals surface area contributed by atoms with Crippen molar-refractivity contribution in [2.45, 2.75) is 25.3 Å². The van der Waals surface area contributed by atoms with Crippen LogP contribution in [0.1, 0.15) is 16.7 Å².